The molecule has 0 saturated heterocycles. The number of hydrogen-bond acceptors (Lipinski definition) is 6. The van der Waals surface area contributed by atoms with Crippen molar-refractivity contribution in [2.75, 3.05) is 0 Å². The molecule has 0 unspecified atom stereocenters. The topological polar surface area (TPSA) is 52.6 Å². The fraction of sp³-hybridized carbons (Fsp3) is 0.500. The summed E-state index contributed by atoms with van der Waals surface area (Å²) in [6.07, 6.45) is 0. The van der Waals surface area contributed by atoms with Gasteiger partial charge < -0.3 is 34.2 Å². The van der Waals surface area contributed by atoms with Gasteiger partial charge >= 0.3 is 27.3 Å². The monoisotopic (exact) mass is 390 g/mol. The fourth-order valence-corrected chi connectivity index (χ4v) is 0. The maximum atomic E-state index is 9.49. The van der Waals surface area contributed by atoms with Gasteiger partial charge in [0.2, 0.25) is 0 Å². The van der Waals surface area contributed by atoms with Crippen LogP contribution < -0.4 is 0 Å². The van der Waals surface area contributed by atoms with Crippen molar-refractivity contribution in [1.82, 2.24) is 0 Å². The molecule has 7 heteroatoms. The van der Waals surface area contributed by atoms with Gasteiger partial charge in [-0.25, -0.2) is 0 Å². The van der Waals surface area contributed by atoms with Gasteiger partial charge in [0, 0.05) is 13.8 Å². The van der Waals surface area contributed by atoms with Crippen molar-refractivity contribution < 1.29 is 18.0 Å². The summed E-state index contributed by atoms with van der Waals surface area (Å²) >= 11 is 7.65. The third kappa shape index (κ3) is 37.2. The van der Waals surface area contributed by atoms with Crippen LogP contribution in [0.25, 0.3) is 0 Å². The molecule has 0 rings (SSSR count). The van der Waals surface area contributed by atoms with E-state index in [0.29, 0.717) is 0 Å². The van der Waals surface area contributed by atoms with E-state index in [1.165, 1.54) is 13.8 Å². The molecule has 0 amide bonds. The molecule has 0 aliphatic heterocycles. The van der Waals surface area contributed by atoms with E-state index in [4.69, 9.17) is 0 Å². The molecule has 0 saturated carbocycles. The van der Waals surface area contributed by atoms with Crippen LogP contribution in [-0.4, -0.2) is 39.2 Å². The summed E-state index contributed by atoms with van der Waals surface area (Å²) in [5, 5.41) is 0. The van der Waals surface area contributed by atoms with E-state index in [9.17, 15) is 9.59 Å². The fourth-order valence-electron chi connectivity index (χ4n) is 0. The Morgan fingerprint density at radius 1 is 1.00 bits per heavy atom. The van der Waals surface area contributed by atoms with Crippen molar-refractivity contribution in [1.29, 1.82) is 0 Å². The second-order valence-corrected chi connectivity index (χ2v) is 1.48. The second kappa shape index (κ2) is 13.2. The minimum absolute atomic E-state index is 0. The predicted octanol–water partition coefficient (Wildman–Crippen LogP) is -0.358. The van der Waals surface area contributed by atoms with Crippen LogP contribution in [0.4, 0.5) is 0 Å². The Hall–Kier alpha value is 0.562. The van der Waals surface area contributed by atoms with Crippen molar-refractivity contribution in [3.8, 4) is 0 Å². The first kappa shape index (κ1) is 17.6. The molecule has 0 aromatic carbocycles. The van der Waals surface area contributed by atoms with Crippen molar-refractivity contribution in [2.24, 2.45) is 0 Å². The minimum Gasteiger partial charge on any atom is -0.616 e. The number of carbonyl (C=O) groups excluding carboxylic acids is 2. The summed E-state index contributed by atoms with van der Waals surface area (Å²) in [7, 11) is 0. The molecule has 0 aliphatic carbocycles. The SMILES string of the molecule is CC(=O)O[S-].CC(=O)O[S-].[Pb+2]. The van der Waals surface area contributed by atoms with Gasteiger partial charge in [0.25, 0.3) is 11.9 Å². The molecule has 0 heterocycles. The molecular weight excluding hydrogens is 383 g/mol. The zero-order valence-electron chi connectivity index (χ0n) is 5.95. The molecule has 0 aliphatic rings. The van der Waals surface area contributed by atoms with Gasteiger partial charge in [0.05, 0.1) is 0 Å². The van der Waals surface area contributed by atoms with Gasteiger partial charge in [-0.2, -0.15) is 0 Å². The van der Waals surface area contributed by atoms with Crippen molar-refractivity contribution in [3.05, 3.63) is 0 Å². The third-order valence-corrected chi connectivity index (χ3v) is 0.704. The summed E-state index contributed by atoms with van der Waals surface area (Å²) in [6.45, 7) is 2.51. The molecule has 4 nitrogen and oxygen atoms in total. The zero-order chi connectivity index (χ0) is 8.57. The van der Waals surface area contributed by atoms with Crippen LogP contribution in [0, 0.1) is 0 Å². The van der Waals surface area contributed by atoms with Crippen LogP contribution in [0.15, 0.2) is 0 Å². The molecule has 0 fully saturated rings. The van der Waals surface area contributed by atoms with Gasteiger partial charge in [-0.05, 0) is 0 Å². The first-order valence-corrected chi connectivity index (χ1v) is 2.82. The first-order chi connectivity index (χ1) is 4.54. The summed E-state index contributed by atoms with van der Waals surface area (Å²) in [5.41, 5.74) is 0. The van der Waals surface area contributed by atoms with Crippen LogP contribution in [0.3, 0.4) is 0 Å². The first-order valence-electron chi connectivity index (χ1n) is 2.15. The standard InChI is InChI=1S/2C2H4O2S.Pb/c2*1-2(3)4-5;/h2*5H,1H3;/q;;+2/p-2. The van der Waals surface area contributed by atoms with Gasteiger partial charge in [-0.3, -0.25) is 9.59 Å². The van der Waals surface area contributed by atoms with E-state index >= 15 is 0 Å². The summed E-state index contributed by atoms with van der Waals surface area (Å²) in [6, 6.07) is 0. The predicted molar refractivity (Wildman–Crippen MR) is 44.0 cm³/mol. The number of carbonyl (C=O) groups is 2. The van der Waals surface area contributed by atoms with Crippen molar-refractivity contribution in [2.45, 2.75) is 13.8 Å². The minimum atomic E-state index is -0.431. The molecule has 62 valence electrons. The van der Waals surface area contributed by atoms with E-state index in [0.717, 1.165) is 0 Å². The number of rotatable bonds is 0. The van der Waals surface area contributed by atoms with Crippen LogP contribution in [0.5, 0.6) is 0 Å². The normalized spacial score (nSPS) is 6.18. The molecular formula is C4H6O4PbS2. The van der Waals surface area contributed by atoms with Gasteiger partial charge in [0.15, 0.2) is 0 Å². The summed E-state index contributed by atoms with van der Waals surface area (Å²) in [5.74, 6) is -0.861. The van der Waals surface area contributed by atoms with E-state index in [-0.39, 0.29) is 27.3 Å². The van der Waals surface area contributed by atoms with E-state index in [1.807, 2.05) is 0 Å². The zero-order valence-corrected chi connectivity index (χ0v) is 11.5. The third-order valence-electron chi connectivity index (χ3n) is 0.235. The van der Waals surface area contributed by atoms with E-state index in [1.54, 1.807) is 0 Å². The molecule has 0 aromatic rings. The average molecular weight is 389 g/mol. The van der Waals surface area contributed by atoms with Crippen molar-refractivity contribution in [3.63, 3.8) is 0 Å². The van der Waals surface area contributed by atoms with Crippen LogP contribution in [-0.2, 0) is 43.8 Å². The van der Waals surface area contributed by atoms with Crippen LogP contribution in [0.2, 0.25) is 0 Å². The van der Waals surface area contributed by atoms with Crippen molar-refractivity contribution >= 4 is 65.1 Å². The second-order valence-electron chi connectivity index (χ2n) is 1.15. The molecule has 0 aromatic heterocycles. The summed E-state index contributed by atoms with van der Waals surface area (Å²) < 4.78 is 7.39. The van der Waals surface area contributed by atoms with Gasteiger partial charge in [-0.1, -0.05) is 0 Å². The Balaban J connectivity index is -0.000000107. The Kier molecular flexibility index (Phi) is 21.1. The smallest absolute Gasteiger partial charge is 0.616 e. The molecule has 0 atom stereocenters. The quantitative estimate of drug-likeness (QED) is 0.417. The maximum absolute atomic E-state index is 9.49. The molecule has 11 heavy (non-hydrogen) atoms. The van der Waals surface area contributed by atoms with Crippen LogP contribution in [0.1, 0.15) is 13.8 Å². The maximum Gasteiger partial charge on any atom is 2.00 e. The van der Waals surface area contributed by atoms with E-state index < -0.39 is 11.9 Å². The molecule has 0 spiro atoms. The molecule has 0 N–H and O–H groups in total. The Morgan fingerprint density at radius 3 is 1.09 bits per heavy atom. The van der Waals surface area contributed by atoms with Gasteiger partial charge in [0.1, 0.15) is 0 Å². The molecule has 2 radical (unpaired) electrons. The van der Waals surface area contributed by atoms with E-state index in [2.05, 4.69) is 34.2 Å². The average Bonchev–Trinajstić information content (AvgIpc) is 1.89. The molecule has 0 bridgehead atoms. The van der Waals surface area contributed by atoms with Gasteiger partial charge in [-0.15, -0.1) is 0 Å². The van der Waals surface area contributed by atoms with Crippen LogP contribution >= 0.6 is 0 Å². The number of hydrogen-bond donors (Lipinski definition) is 0. The Bertz CT molecular complexity index is 105. The Labute approximate surface area is 96.4 Å². The summed E-state index contributed by atoms with van der Waals surface area (Å²) in [4.78, 5) is 19.0. The largest absolute Gasteiger partial charge is 2.00 e. The Morgan fingerprint density at radius 2 is 1.09 bits per heavy atom.